The summed E-state index contributed by atoms with van der Waals surface area (Å²) in [7, 11) is 0. The van der Waals surface area contributed by atoms with Crippen molar-refractivity contribution >= 4 is 80.0 Å². The number of nitrogens with zero attached hydrogens (tertiary/aromatic N) is 3. The van der Waals surface area contributed by atoms with Crippen LogP contribution < -0.4 is 4.90 Å². The molecule has 0 aliphatic rings. The Bertz CT molecular complexity index is 1010. The minimum atomic E-state index is -0.163. The van der Waals surface area contributed by atoms with Crippen LogP contribution >= 0.6 is 58.7 Å². The number of thioether (sulfide) groups is 1. The van der Waals surface area contributed by atoms with Crippen LogP contribution in [0.5, 0.6) is 0 Å². The molecule has 0 bridgehead atoms. The molecule has 0 unspecified atom stereocenters. The van der Waals surface area contributed by atoms with Crippen molar-refractivity contribution in [3.05, 3.63) is 52.0 Å². The second-order valence-electron chi connectivity index (χ2n) is 6.41. The Morgan fingerprint density at radius 3 is 2.50 bits per heavy atom. The van der Waals surface area contributed by atoms with Crippen molar-refractivity contribution in [1.82, 2.24) is 9.88 Å². The molecule has 0 atom stereocenters. The predicted molar refractivity (Wildman–Crippen MR) is 135 cm³/mol. The number of para-hydroxylation sites is 1. The van der Waals surface area contributed by atoms with Crippen LogP contribution in [0.2, 0.25) is 10.0 Å². The normalized spacial score (nSPS) is 11.0. The number of anilines is 1. The summed E-state index contributed by atoms with van der Waals surface area (Å²) in [6.45, 7) is 7.39. The van der Waals surface area contributed by atoms with Crippen LogP contribution in [0.3, 0.4) is 0 Å². The van der Waals surface area contributed by atoms with E-state index in [2.05, 4.69) is 24.8 Å². The molecule has 1 amide bonds. The van der Waals surface area contributed by atoms with Crippen LogP contribution in [0.4, 0.5) is 5.13 Å². The van der Waals surface area contributed by atoms with E-state index in [1.54, 1.807) is 34.9 Å². The molecule has 4 nitrogen and oxygen atoms in total. The van der Waals surface area contributed by atoms with E-state index in [0.717, 1.165) is 34.7 Å². The number of benzene rings is 2. The molecule has 0 N–H and O–H groups in total. The van der Waals surface area contributed by atoms with Crippen LogP contribution in [-0.4, -0.2) is 48.2 Å². The van der Waals surface area contributed by atoms with E-state index in [0.29, 0.717) is 27.3 Å². The zero-order valence-electron chi connectivity index (χ0n) is 17.0. The highest BCUT2D eigenvalue weighted by Crippen LogP contribution is 2.35. The molecule has 0 aliphatic carbocycles. The van der Waals surface area contributed by atoms with Crippen LogP contribution in [0.1, 0.15) is 24.2 Å². The Hall–Kier alpha value is -1.02. The summed E-state index contributed by atoms with van der Waals surface area (Å²) in [5.41, 5.74) is 1.36. The lowest BCUT2D eigenvalue weighted by Crippen LogP contribution is -2.39. The third kappa shape index (κ3) is 5.61. The number of rotatable bonds is 8. The molecule has 30 heavy (non-hydrogen) atoms. The molecule has 0 saturated heterocycles. The van der Waals surface area contributed by atoms with Crippen LogP contribution in [-0.2, 0) is 0 Å². The van der Waals surface area contributed by atoms with Gasteiger partial charge in [-0.1, -0.05) is 54.5 Å². The number of fused-ring (bicyclic) bond motifs is 1. The van der Waals surface area contributed by atoms with E-state index in [1.165, 1.54) is 11.3 Å². The summed E-state index contributed by atoms with van der Waals surface area (Å²) in [4.78, 5) is 23.4. The highest BCUT2D eigenvalue weighted by molar-refractivity contribution is 7.98. The topological polar surface area (TPSA) is 36.4 Å². The average Bonchev–Trinajstić information content (AvgIpc) is 3.14. The quantitative estimate of drug-likeness (QED) is 0.318. The van der Waals surface area contributed by atoms with Gasteiger partial charge in [-0.2, -0.15) is 0 Å². The number of amides is 1. The summed E-state index contributed by atoms with van der Waals surface area (Å²) in [5.74, 6) is -0.163. The van der Waals surface area contributed by atoms with Crippen LogP contribution in [0, 0.1) is 0 Å². The van der Waals surface area contributed by atoms with E-state index in [1.807, 2.05) is 18.4 Å². The fourth-order valence-electron chi connectivity index (χ4n) is 3.07. The summed E-state index contributed by atoms with van der Waals surface area (Å²) in [6, 6.07) is 11.1. The Balaban J connectivity index is 0.00000320. The van der Waals surface area contributed by atoms with Gasteiger partial charge in [0.25, 0.3) is 5.91 Å². The third-order valence-electron chi connectivity index (χ3n) is 4.76. The maximum atomic E-state index is 13.4. The molecule has 0 aliphatic heterocycles. The van der Waals surface area contributed by atoms with Gasteiger partial charge < -0.3 is 4.90 Å². The van der Waals surface area contributed by atoms with E-state index < -0.39 is 0 Å². The van der Waals surface area contributed by atoms with E-state index in [-0.39, 0.29) is 18.3 Å². The fourth-order valence-corrected chi connectivity index (χ4v) is 5.20. The van der Waals surface area contributed by atoms with Crippen molar-refractivity contribution in [3.8, 4) is 0 Å². The monoisotopic (exact) mass is 503 g/mol. The maximum absolute atomic E-state index is 13.4. The standard InChI is InChI=1S/C21H23Cl2N3OS2.ClH/c1-4-25(5-2)11-12-26(20(27)15-10-9-14(22)13-16(15)23)21-24-19-17(28-3)7-6-8-18(19)29-21;/h6-10,13H,4-5,11-12H2,1-3H3;1H. The van der Waals surface area contributed by atoms with Gasteiger partial charge in [-0.15, -0.1) is 24.2 Å². The average molecular weight is 505 g/mol. The molecule has 1 aromatic heterocycles. The van der Waals surface area contributed by atoms with Gasteiger partial charge in [0.1, 0.15) is 0 Å². The van der Waals surface area contributed by atoms with Crippen molar-refractivity contribution < 1.29 is 4.79 Å². The third-order valence-corrected chi connectivity index (χ3v) is 7.12. The first kappa shape index (κ1) is 25.2. The smallest absolute Gasteiger partial charge is 0.261 e. The molecule has 3 aromatic rings. The largest absolute Gasteiger partial charge is 0.302 e. The van der Waals surface area contributed by atoms with Gasteiger partial charge >= 0.3 is 0 Å². The Labute approximate surface area is 202 Å². The zero-order valence-corrected chi connectivity index (χ0v) is 21.0. The number of halogens is 3. The molecule has 2 aromatic carbocycles. The molecular formula is C21H24Cl3N3OS2. The Kier molecular flexibility index (Phi) is 9.72. The number of thiazole rings is 1. The molecule has 162 valence electrons. The summed E-state index contributed by atoms with van der Waals surface area (Å²) < 4.78 is 1.06. The van der Waals surface area contributed by atoms with Crippen LogP contribution in [0.15, 0.2) is 41.3 Å². The number of aromatic nitrogens is 1. The lowest BCUT2D eigenvalue weighted by atomic mass is 10.2. The summed E-state index contributed by atoms with van der Waals surface area (Å²) >= 11 is 15.5. The lowest BCUT2D eigenvalue weighted by Gasteiger charge is -2.25. The second-order valence-corrected chi connectivity index (χ2v) is 9.11. The van der Waals surface area contributed by atoms with Gasteiger partial charge in [-0.3, -0.25) is 9.69 Å². The molecule has 0 saturated carbocycles. The minimum Gasteiger partial charge on any atom is -0.302 e. The van der Waals surface area contributed by atoms with E-state index in [9.17, 15) is 4.79 Å². The SMILES string of the molecule is CCN(CC)CCN(C(=O)c1ccc(Cl)cc1Cl)c1nc2c(SC)cccc2s1.Cl. The van der Waals surface area contributed by atoms with Crippen molar-refractivity contribution in [3.63, 3.8) is 0 Å². The van der Waals surface area contributed by atoms with Gasteiger partial charge in [-0.05, 0) is 49.7 Å². The highest BCUT2D eigenvalue weighted by atomic mass is 35.5. The Morgan fingerprint density at radius 1 is 1.13 bits per heavy atom. The van der Waals surface area contributed by atoms with Crippen LogP contribution in [0.25, 0.3) is 10.2 Å². The summed E-state index contributed by atoms with van der Waals surface area (Å²) in [5, 5.41) is 1.54. The molecule has 0 fully saturated rings. The molecule has 1 heterocycles. The van der Waals surface area contributed by atoms with Gasteiger partial charge in [0, 0.05) is 23.0 Å². The maximum Gasteiger partial charge on any atom is 0.261 e. The van der Waals surface area contributed by atoms with E-state index >= 15 is 0 Å². The minimum absolute atomic E-state index is 0. The second kappa shape index (κ2) is 11.6. The lowest BCUT2D eigenvalue weighted by molar-refractivity contribution is 0.0984. The molecule has 9 heteroatoms. The summed E-state index contributed by atoms with van der Waals surface area (Å²) in [6.07, 6.45) is 2.03. The Morgan fingerprint density at radius 2 is 1.87 bits per heavy atom. The molecule has 3 rings (SSSR count). The number of likely N-dealkylation sites (N-methyl/N-ethyl adjacent to an activating group) is 1. The van der Waals surface area contributed by atoms with Crippen molar-refractivity contribution in [1.29, 1.82) is 0 Å². The molecule has 0 spiro atoms. The van der Waals surface area contributed by atoms with Crippen molar-refractivity contribution in [2.75, 3.05) is 37.3 Å². The van der Waals surface area contributed by atoms with Gasteiger partial charge in [0.05, 0.1) is 20.8 Å². The van der Waals surface area contributed by atoms with Crippen molar-refractivity contribution in [2.24, 2.45) is 0 Å². The first-order chi connectivity index (χ1) is 14.0. The number of carbonyl (C=O) groups excluding carboxylic acids is 1. The molecular weight excluding hydrogens is 481 g/mol. The fraction of sp³-hybridized carbons (Fsp3) is 0.333. The zero-order chi connectivity index (χ0) is 21.0. The highest BCUT2D eigenvalue weighted by Gasteiger charge is 2.24. The first-order valence-electron chi connectivity index (χ1n) is 9.41. The number of carbonyl (C=O) groups is 1. The van der Waals surface area contributed by atoms with Gasteiger partial charge in [-0.25, -0.2) is 4.98 Å². The van der Waals surface area contributed by atoms with E-state index in [4.69, 9.17) is 28.2 Å². The molecule has 0 radical (unpaired) electrons. The predicted octanol–water partition coefficient (Wildman–Crippen LogP) is 6.74. The first-order valence-corrected chi connectivity index (χ1v) is 12.2. The van der Waals surface area contributed by atoms with Crippen molar-refractivity contribution in [2.45, 2.75) is 18.7 Å². The number of hydrogen-bond acceptors (Lipinski definition) is 5. The van der Waals surface area contributed by atoms with Gasteiger partial charge in [0.2, 0.25) is 0 Å². The number of hydrogen-bond donors (Lipinski definition) is 0. The van der Waals surface area contributed by atoms with Gasteiger partial charge in [0.15, 0.2) is 5.13 Å².